The minimum Gasteiger partial charge on any atom is -0.375 e. The summed E-state index contributed by atoms with van der Waals surface area (Å²) in [4.78, 5) is 0. The van der Waals surface area contributed by atoms with Crippen LogP contribution < -0.4 is 0 Å². The Labute approximate surface area is 63.8 Å². The van der Waals surface area contributed by atoms with Gasteiger partial charge < -0.3 is 4.74 Å². The van der Waals surface area contributed by atoms with E-state index < -0.39 is 0 Å². The molecule has 1 fully saturated rings. The molecule has 0 spiro atoms. The van der Waals surface area contributed by atoms with Gasteiger partial charge in [-0.15, -0.1) is 0 Å². The van der Waals surface area contributed by atoms with Crippen molar-refractivity contribution in [3.05, 3.63) is 0 Å². The van der Waals surface area contributed by atoms with Gasteiger partial charge in [0.05, 0.1) is 5.60 Å². The van der Waals surface area contributed by atoms with Gasteiger partial charge in [-0.2, -0.15) is 0 Å². The lowest BCUT2D eigenvalue weighted by molar-refractivity contribution is 0.0440. The molecule has 0 aromatic heterocycles. The van der Waals surface area contributed by atoms with Crippen molar-refractivity contribution in [2.75, 3.05) is 6.61 Å². The van der Waals surface area contributed by atoms with Crippen molar-refractivity contribution >= 4 is 0 Å². The quantitative estimate of drug-likeness (QED) is 0.536. The van der Waals surface area contributed by atoms with Gasteiger partial charge in [-0.3, -0.25) is 0 Å². The fraction of sp³-hybridized carbons (Fsp3) is 1.00. The highest BCUT2D eigenvalue weighted by molar-refractivity contribution is 4.90. The third-order valence-electron chi connectivity index (χ3n) is 2.15. The van der Waals surface area contributed by atoms with E-state index in [1.807, 2.05) is 0 Å². The Morgan fingerprint density at radius 2 is 2.00 bits per heavy atom. The van der Waals surface area contributed by atoms with E-state index in [0.717, 1.165) is 6.61 Å². The molecule has 1 nitrogen and oxygen atoms in total. The molecule has 0 aliphatic heterocycles. The highest BCUT2D eigenvalue weighted by Crippen LogP contribution is 2.38. The van der Waals surface area contributed by atoms with Gasteiger partial charge in [0.25, 0.3) is 0 Å². The van der Waals surface area contributed by atoms with E-state index in [1.54, 1.807) is 0 Å². The second-order valence-electron chi connectivity index (χ2n) is 3.51. The lowest BCUT2D eigenvalue weighted by atomic mass is 10.3. The molecule has 0 radical (unpaired) electrons. The van der Waals surface area contributed by atoms with Crippen molar-refractivity contribution in [1.82, 2.24) is 0 Å². The zero-order valence-electron chi connectivity index (χ0n) is 7.15. The SMILES string of the molecule is CCCCCOC1(C)CC1. The molecule has 1 heteroatoms. The third-order valence-corrected chi connectivity index (χ3v) is 2.15. The smallest absolute Gasteiger partial charge is 0.0656 e. The van der Waals surface area contributed by atoms with Gasteiger partial charge in [0, 0.05) is 6.61 Å². The van der Waals surface area contributed by atoms with Crippen LogP contribution in [-0.4, -0.2) is 12.2 Å². The molecular formula is C9H18O. The molecule has 10 heavy (non-hydrogen) atoms. The monoisotopic (exact) mass is 142 g/mol. The molecule has 0 atom stereocenters. The maximum atomic E-state index is 5.64. The van der Waals surface area contributed by atoms with Crippen LogP contribution in [0.5, 0.6) is 0 Å². The van der Waals surface area contributed by atoms with Gasteiger partial charge in [0.2, 0.25) is 0 Å². The molecule has 1 saturated carbocycles. The van der Waals surface area contributed by atoms with Gasteiger partial charge in [0.1, 0.15) is 0 Å². The first-order chi connectivity index (χ1) is 4.77. The topological polar surface area (TPSA) is 9.23 Å². The van der Waals surface area contributed by atoms with E-state index in [2.05, 4.69) is 13.8 Å². The molecule has 0 aromatic rings. The molecule has 0 bridgehead atoms. The average molecular weight is 142 g/mol. The molecule has 60 valence electrons. The molecule has 1 rings (SSSR count). The molecule has 1 aliphatic rings. The summed E-state index contributed by atoms with van der Waals surface area (Å²) in [5.41, 5.74) is 0.299. The molecule has 0 amide bonds. The van der Waals surface area contributed by atoms with Crippen LogP contribution >= 0.6 is 0 Å². The van der Waals surface area contributed by atoms with Crippen LogP contribution in [0.25, 0.3) is 0 Å². The van der Waals surface area contributed by atoms with Crippen LogP contribution in [-0.2, 0) is 4.74 Å². The summed E-state index contributed by atoms with van der Waals surface area (Å²) in [5, 5.41) is 0. The normalized spacial score (nSPS) is 21.0. The Kier molecular flexibility index (Phi) is 2.72. The van der Waals surface area contributed by atoms with Gasteiger partial charge >= 0.3 is 0 Å². The summed E-state index contributed by atoms with van der Waals surface area (Å²) in [6.45, 7) is 5.40. The van der Waals surface area contributed by atoms with Crippen molar-refractivity contribution in [2.45, 2.75) is 51.6 Å². The molecule has 0 heterocycles. The second kappa shape index (κ2) is 3.38. The standard InChI is InChI=1S/C9H18O/c1-3-4-5-8-10-9(2)6-7-9/h3-8H2,1-2H3. The van der Waals surface area contributed by atoms with Crippen LogP contribution in [0.1, 0.15) is 46.0 Å². The Morgan fingerprint density at radius 3 is 2.50 bits per heavy atom. The first kappa shape index (κ1) is 8.06. The first-order valence-electron chi connectivity index (χ1n) is 4.41. The Bertz CT molecular complexity index is 94.9. The highest BCUT2D eigenvalue weighted by Gasteiger charge is 2.37. The van der Waals surface area contributed by atoms with Crippen molar-refractivity contribution in [2.24, 2.45) is 0 Å². The van der Waals surface area contributed by atoms with Gasteiger partial charge in [0.15, 0.2) is 0 Å². The Morgan fingerprint density at radius 1 is 1.30 bits per heavy atom. The van der Waals surface area contributed by atoms with Crippen molar-refractivity contribution < 1.29 is 4.74 Å². The van der Waals surface area contributed by atoms with E-state index in [9.17, 15) is 0 Å². The Hall–Kier alpha value is -0.0400. The van der Waals surface area contributed by atoms with Crippen LogP contribution in [0, 0.1) is 0 Å². The number of hydrogen-bond donors (Lipinski definition) is 0. The molecule has 1 aliphatic carbocycles. The summed E-state index contributed by atoms with van der Waals surface area (Å²) in [5.74, 6) is 0. The van der Waals surface area contributed by atoms with E-state index in [1.165, 1.54) is 32.1 Å². The lowest BCUT2D eigenvalue weighted by Crippen LogP contribution is -2.08. The zero-order chi connectivity index (χ0) is 7.45. The fourth-order valence-electron chi connectivity index (χ4n) is 0.991. The maximum Gasteiger partial charge on any atom is 0.0656 e. The Balaban J connectivity index is 1.86. The predicted molar refractivity (Wildman–Crippen MR) is 43.1 cm³/mol. The summed E-state index contributed by atoms with van der Waals surface area (Å²) in [6, 6.07) is 0. The summed E-state index contributed by atoms with van der Waals surface area (Å²) in [6.07, 6.45) is 6.40. The number of hydrogen-bond acceptors (Lipinski definition) is 1. The largest absolute Gasteiger partial charge is 0.375 e. The van der Waals surface area contributed by atoms with Crippen molar-refractivity contribution in [3.63, 3.8) is 0 Å². The second-order valence-corrected chi connectivity index (χ2v) is 3.51. The molecule has 0 aromatic carbocycles. The highest BCUT2D eigenvalue weighted by atomic mass is 16.5. The predicted octanol–water partition coefficient (Wildman–Crippen LogP) is 2.75. The molecule has 0 unspecified atom stereocenters. The fourth-order valence-corrected chi connectivity index (χ4v) is 0.991. The van der Waals surface area contributed by atoms with Crippen LogP contribution in [0.2, 0.25) is 0 Å². The number of unbranched alkanes of at least 4 members (excludes halogenated alkanes) is 2. The van der Waals surface area contributed by atoms with Crippen molar-refractivity contribution in [3.8, 4) is 0 Å². The molecular weight excluding hydrogens is 124 g/mol. The van der Waals surface area contributed by atoms with Crippen LogP contribution in [0.15, 0.2) is 0 Å². The first-order valence-corrected chi connectivity index (χ1v) is 4.41. The van der Waals surface area contributed by atoms with Gasteiger partial charge in [-0.1, -0.05) is 19.8 Å². The third kappa shape index (κ3) is 2.70. The van der Waals surface area contributed by atoms with E-state index in [-0.39, 0.29) is 0 Å². The van der Waals surface area contributed by atoms with E-state index in [0.29, 0.717) is 5.60 Å². The molecule has 0 N–H and O–H groups in total. The van der Waals surface area contributed by atoms with Gasteiger partial charge in [-0.25, -0.2) is 0 Å². The molecule has 0 saturated heterocycles. The summed E-state index contributed by atoms with van der Waals surface area (Å²) < 4.78 is 5.64. The minimum atomic E-state index is 0.299. The zero-order valence-corrected chi connectivity index (χ0v) is 7.15. The number of rotatable bonds is 5. The van der Waals surface area contributed by atoms with Crippen molar-refractivity contribution in [1.29, 1.82) is 0 Å². The lowest BCUT2D eigenvalue weighted by Gasteiger charge is -2.09. The van der Waals surface area contributed by atoms with E-state index >= 15 is 0 Å². The summed E-state index contributed by atoms with van der Waals surface area (Å²) in [7, 11) is 0. The van der Waals surface area contributed by atoms with Crippen LogP contribution in [0.3, 0.4) is 0 Å². The average Bonchev–Trinajstić information content (AvgIpc) is 2.62. The van der Waals surface area contributed by atoms with E-state index in [4.69, 9.17) is 4.74 Å². The summed E-state index contributed by atoms with van der Waals surface area (Å²) >= 11 is 0. The van der Waals surface area contributed by atoms with Gasteiger partial charge in [-0.05, 0) is 26.2 Å². The number of ether oxygens (including phenoxy) is 1. The van der Waals surface area contributed by atoms with Crippen LogP contribution in [0.4, 0.5) is 0 Å². The minimum absolute atomic E-state index is 0.299. The maximum absolute atomic E-state index is 5.64.